The number of benzene rings is 2. The van der Waals surface area contributed by atoms with Gasteiger partial charge in [0.15, 0.2) is 0 Å². The molecule has 0 radical (unpaired) electrons. The van der Waals surface area contributed by atoms with Gasteiger partial charge in [0.1, 0.15) is 5.82 Å². The van der Waals surface area contributed by atoms with E-state index in [1.54, 1.807) is 0 Å². The molecule has 2 heteroatoms. The van der Waals surface area contributed by atoms with Crippen LogP contribution in [0.3, 0.4) is 0 Å². The van der Waals surface area contributed by atoms with E-state index in [1.165, 1.54) is 16.8 Å². The van der Waals surface area contributed by atoms with Crippen molar-refractivity contribution in [1.29, 1.82) is 0 Å². The Morgan fingerprint density at radius 3 is 2.45 bits per heavy atom. The van der Waals surface area contributed by atoms with E-state index in [0.717, 1.165) is 17.8 Å². The van der Waals surface area contributed by atoms with Gasteiger partial charge >= 0.3 is 0 Å². The van der Waals surface area contributed by atoms with Crippen molar-refractivity contribution in [2.75, 3.05) is 0 Å². The van der Waals surface area contributed by atoms with Gasteiger partial charge in [-0.25, -0.2) is 4.98 Å². The fourth-order valence-electron chi connectivity index (χ4n) is 2.94. The van der Waals surface area contributed by atoms with Gasteiger partial charge in [0.2, 0.25) is 0 Å². The summed E-state index contributed by atoms with van der Waals surface area (Å²) in [6.07, 6.45) is 4.98. The molecule has 3 rings (SSSR count). The van der Waals surface area contributed by atoms with E-state index in [2.05, 4.69) is 79.0 Å². The van der Waals surface area contributed by atoms with Crippen molar-refractivity contribution >= 4 is 0 Å². The fourth-order valence-corrected chi connectivity index (χ4v) is 2.94. The molecule has 2 nitrogen and oxygen atoms in total. The maximum Gasteiger partial charge on any atom is 0.144 e. The lowest BCUT2D eigenvalue weighted by atomic mass is 9.96. The first kappa shape index (κ1) is 14.6. The SMILES string of the molecule is CCc1cccc(C(C)C)c1-n1ccnc1-c1ccccc1. The fraction of sp³-hybridized carbons (Fsp3) is 0.250. The number of rotatable bonds is 4. The Morgan fingerprint density at radius 2 is 1.77 bits per heavy atom. The first-order chi connectivity index (χ1) is 10.7. The van der Waals surface area contributed by atoms with E-state index >= 15 is 0 Å². The highest BCUT2D eigenvalue weighted by Crippen LogP contribution is 2.30. The molecule has 0 saturated heterocycles. The van der Waals surface area contributed by atoms with E-state index in [-0.39, 0.29) is 0 Å². The third kappa shape index (κ3) is 2.57. The van der Waals surface area contributed by atoms with Gasteiger partial charge in [0, 0.05) is 18.0 Å². The Balaban J connectivity index is 2.24. The molecule has 0 fully saturated rings. The van der Waals surface area contributed by atoms with Gasteiger partial charge in [0.05, 0.1) is 5.69 Å². The third-order valence-electron chi connectivity index (χ3n) is 4.07. The van der Waals surface area contributed by atoms with Crippen LogP contribution in [0.4, 0.5) is 0 Å². The summed E-state index contributed by atoms with van der Waals surface area (Å²) in [7, 11) is 0. The smallest absolute Gasteiger partial charge is 0.144 e. The third-order valence-corrected chi connectivity index (χ3v) is 4.07. The molecule has 0 spiro atoms. The molecule has 0 aliphatic rings. The highest BCUT2D eigenvalue weighted by atomic mass is 15.1. The minimum Gasteiger partial charge on any atom is -0.299 e. The van der Waals surface area contributed by atoms with Crippen molar-refractivity contribution in [2.45, 2.75) is 33.1 Å². The molecular formula is C20H22N2. The van der Waals surface area contributed by atoms with Crippen molar-refractivity contribution in [3.8, 4) is 17.1 Å². The number of nitrogens with zero attached hydrogens (tertiary/aromatic N) is 2. The number of hydrogen-bond donors (Lipinski definition) is 0. The number of imidazole rings is 1. The van der Waals surface area contributed by atoms with Crippen molar-refractivity contribution in [1.82, 2.24) is 9.55 Å². The van der Waals surface area contributed by atoms with Crippen molar-refractivity contribution < 1.29 is 0 Å². The van der Waals surface area contributed by atoms with E-state index in [1.807, 2.05) is 12.3 Å². The molecule has 1 aromatic heterocycles. The maximum absolute atomic E-state index is 4.60. The van der Waals surface area contributed by atoms with Crippen molar-refractivity contribution in [3.05, 3.63) is 72.1 Å². The predicted octanol–water partition coefficient (Wildman–Crippen LogP) is 5.23. The van der Waals surface area contributed by atoms with Crippen LogP contribution in [0.5, 0.6) is 0 Å². The molecule has 1 heterocycles. The number of aromatic nitrogens is 2. The highest BCUT2D eigenvalue weighted by Gasteiger charge is 2.15. The number of para-hydroxylation sites is 1. The maximum atomic E-state index is 4.60. The Labute approximate surface area is 132 Å². The molecule has 112 valence electrons. The van der Waals surface area contributed by atoms with Gasteiger partial charge < -0.3 is 0 Å². The van der Waals surface area contributed by atoms with Crippen LogP contribution in [0, 0.1) is 0 Å². The molecular weight excluding hydrogens is 268 g/mol. The molecule has 0 aliphatic heterocycles. The van der Waals surface area contributed by atoms with Gasteiger partial charge in [-0.1, -0.05) is 69.3 Å². The quantitative estimate of drug-likeness (QED) is 0.643. The topological polar surface area (TPSA) is 17.8 Å². The minimum absolute atomic E-state index is 0.479. The first-order valence-electron chi connectivity index (χ1n) is 7.93. The zero-order valence-electron chi connectivity index (χ0n) is 13.5. The summed E-state index contributed by atoms with van der Waals surface area (Å²) >= 11 is 0. The van der Waals surface area contributed by atoms with Crippen molar-refractivity contribution in [3.63, 3.8) is 0 Å². The molecule has 22 heavy (non-hydrogen) atoms. The minimum atomic E-state index is 0.479. The zero-order chi connectivity index (χ0) is 15.5. The van der Waals surface area contributed by atoms with Gasteiger partial charge in [-0.2, -0.15) is 0 Å². The summed E-state index contributed by atoms with van der Waals surface area (Å²) in [4.78, 5) is 4.60. The highest BCUT2D eigenvalue weighted by molar-refractivity contribution is 5.61. The Bertz CT molecular complexity index is 754. The lowest BCUT2D eigenvalue weighted by molar-refractivity contribution is 0.839. The van der Waals surface area contributed by atoms with Crippen LogP contribution in [0.1, 0.15) is 37.8 Å². The van der Waals surface area contributed by atoms with E-state index < -0.39 is 0 Å². The Hall–Kier alpha value is -2.35. The number of hydrogen-bond acceptors (Lipinski definition) is 1. The monoisotopic (exact) mass is 290 g/mol. The van der Waals surface area contributed by atoms with Crippen LogP contribution >= 0.6 is 0 Å². The molecule has 0 aliphatic carbocycles. The average Bonchev–Trinajstić information content (AvgIpc) is 3.04. The average molecular weight is 290 g/mol. The largest absolute Gasteiger partial charge is 0.299 e. The standard InChI is InChI=1S/C20H22N2/c1-4-16-11-8-12-18(15(2)3)19(16)22-14-13-21-20(22)17-9-6-5-7-10-17/h5-15H,4H2,1-3H3. The molecule has 0 atom stereocenters. The summed E-state index contributed by atoms with van der Waals surface area (Å²) in [6.45, 7) is 6.71. The summed E-state index contributed by atoms with van der Waals surface area (Å²) < 4.78 is 2.24. The second kappa shape index (κ2) is 6.18. The second-order valence-corrected chi connectivity index (χ2v) is 5.85. The molecule has 0 bridgehead atoms. The van der Waals surface area contributed by atoms with E-state index in [4.69, 9.17) is 0 Å². The Morgan fingerprint density at radius 1 is 1.00 bits per heavy atom. The van der Waals surface area contributed by atoms with Gasteiger partial charge in [0.25, 0.3) is 0 Å². The summed E-state index contributed by atoms with van der Waals surface area (Å²) in [5.41, 5.74) is 5.17. The molecule has 3 aromatic rings. The van der Waals surface area contributed by atoms with E-state index in [9.17, 15) is 0 Å². The zero-order valence-corrected chi connectivity index (χ0v) is 13.5. The van der Waals surface area contributed by atoms with Crippen molar-refractivity contribution in [2.24, 2.45) is 0 Å². The van der Waals surface area contributed by atoms with Gasteiger partial charge in [-0.3, -0.25) is 4.57 Å². The van der Waals surface area contributed by atoms with Gasteiger partial charge in [-0.15, -0.1) is 0 Å². The van der Waals surface area contributed by atoms with Crippen LogP contribution in [-0.2, 0) is 6.42 Å². The van der Waals surface area contributed by atoms with E-state index in [0.29, 0.717) is 5.92 Å². The van der Waals surface area contributed by atoms with Crippen LogP contribution in [0.25, 0.3) is 17.1 Å². The molecule has 0 N–H and O–H groups in total. The lowest BCUT2D eigenvalue weighted by Gasteiger charge is -2.19. The summed E-state index contributed by atoms with van der Waals surface area (Å²) in [6, 6.07) is 17.0. The van der Waals surface area contributed by atoms with Crippen LogP contribution < -0.4 is 0 Å². The summed E-state index contributed by atoms with van der Waals surface area (Å²) in [5.74, 6) is 1.48. The van der Waals surface area contributed by atoms with Crippen LogP contribution in [0.15, 0.2) is 60.9 Å². The second-order valence-electron chi connectivity index (χ2n) is 5.85. The molecule has 0 unspecified atom stereocenters. The van der Waals surface area contributed by atoms with Crippen LogP contribution in [0.2, 0.25) is 0 Å². The predicted molar refractivity (Wildman–Crippen MR) is 92.5 cm³/mol. The Kier molecular flexibility index (Phi) is 4.10. The molecule has 0 saturated carbocycles. The van der Waals surface area contributed by atoms with Gasteiger partial charge in [-0.05, 0) is 23.5 Å². The molecule has 0 amide bonds. The first-order valence-corrected chi connectivity index (χ1v) is 7.93. The summed E-state index contributed by atoms with van der Waals surface area (Å²) in [5, 5.41) is 0. The normalized spacial score (nSPS) is 11.1. The van der Waals surface area contributed by atoms with Crippen LogP contribution in [-0.4, -0.2) is 9.55 Å². The number of aryl methyl sites for hydroxylation is 1. The lowest BCUT2D eigenvalue weighted by Crippen LogP contribution is -2.06. The molecule has 2 aromatic carbocycles.